The summed E-state index contributed by atoms with van der Waals surface area (Å²) in [6.07, 6.45) is 5.41. The number of aliphatic hydroxyl groups excluding tert-OH is 1. The minimum Gasteiger partial charge on any atom is -0.506 e. The van der Waals surface area contributed by atoms with Crippen molar-refractivity contribution in [3.8, 4) is 5.75 Å². The summed E-state index contributed by atoms with van der Waals surface area (Å²) in [6.45, 7) is 0.0579. The lowest BCUT2D eigenvalue weighted by atomic mass is 10.1. The largest absolute Gasteiger partial charge is 0.506 e. The number of nitrogens with zero attached hydrogens (tertiary/aromatic N) is 1. The van der Waals surface area contributed by atoms with E-state index in [1.54, 1.807) is 7.05 Å². The van der Waals surface area contributed by atoms with Gasteiger partial charge >= 0.3 is 0 Å². The van der Waals surface area contributed by atoms with Crippen molar-refractivity contribution in [3.63, 3.8) is 0 Å². The molecule has 0 aromatic heterocycles. The van der Waals surface area contributed by atoms with Crippen LogP contribution in [-0.4, -0.2) is 49.4 Å². The van der Waals surface area contributed by atoms with Crippen molar-refractivity contribution >= 4 is 21.6 Å². The standard InChI is InChI=1S/C23H33N3O5S/c1-26(23(29)13-9-4-3-6-10-18-11-7-5-8-12-18)24-17-22(28)19-14-15-21(27)20(16-19)25-32(2,30)31/h5,7-8,11-12,14-16,22,24-25,27-28H,3-4,6,9-10,13,17H2,1-2H3. The zero-order valence-corrected chi connectivity index (χ0v) is 19.4. The van der Waals surface area contributed by atoms with Crippen LogP contribution in [0.25, 0.3) is 0 Å². The van der Waals surface area contributed by atoms with Gasteiger partial charge in [0.2, 0.25) is 15.9 Å². The molecular weight excluding hydrogens is 430 g/mol. The van der Waals surface area contributed by atoms with Crippen molar-refractivity contribution in [2.75, 3.05) is 24.6 Å². The highest BCUT2D eigenvalue weighted by Crippen LogP contribution is 2.27. The van der Waals surface area contributed by atoms with E-state index < -0.39 is 16.1 Å². The molecule has 0 heterocycles. The number of carbonyl (C=O) groups excluding carboxylic acids is 1. The topological polar surface area (TPSA) is 119 Å². The van der Waals surface area contributed by atoms with Gasteiger partial charge in [-0.1, -0.05) is 49.2 Å². The lowest BCUT2D eigenvalue weighted by Crippen LogP contribution is -2.41. The van der Waals surface area contributed by atoms with Crippen molar-refractivity contribution in [2.24, 2.45) is 0 Å². The van der Waals surface area contributed by atoms with E-state index in [1.165, 1.54) is 28.8 Å². The number of hydrogen-bond acceptors (Lipinski definition) is 6. The van der Waals surface area contributed by atoms with Crippen LogP contribution in [0.15, 0.2) is 48.5 Å². The fraction of sp³-hybridized carbons (Fsp3) is 0.435. The van der Waals surface area contributed by atoms with E-state index in [2.05, 4.69) is 22.3 Å². The number of benzene rings is 2. The van der Waals surface area contributed by atoms with Crippen molar-refractivity contribution in [3.05, 3.63) is 59.7 Å². The van der Waals surface area contributed by atoms with Crippen LogP contribution in [0.4, 0.5) is 5.69 Å². The molecule has 0 radical (unpaired) electrons. The SMILES string of the molecule is CN(NCC(O)c1ccc(O)c(NS(C)(=O)=O)c1)C(=O)CCCCCCc1ccccc1. The number of sulfonamides is 1. The molecule has 2 aromatic carbocycles. The number of hydrogen-bond donors (Lipinski definition) is 4. The van der Waals surface area contributed by atoms with E-state index in [1.807, 2.05) is 18.2 Å². The maximum absolute atomic E-state index is 12.3. The minimum atomic E-state index is -3.57. The lowest BCUT2D eigenvalue weighted by molar-refractivity contribution is -0.133. The summed E-state index contributed by atoms with van der Waals surface area (Å²) >= 11 is 0. The molecule has 32 heavy (non-hydrogen) atoms. The van der Waals surface area contributed by atoms with Gasteiger partial charge in [-0.25, -0.2) is 13.8 Å². The second-order valence-electron chi connectivity index (χ2n) is 7.88. The number of unbranched alkanes of at least 4 members (excludes halogenated alkanes) is 3. The number of anilines is 1. The highest BCUT2D eigenvalue weighted by molar-refractivity contribution is 7.92. The molecule has 0 saturated heterocycles. The van der Waals surface area contributed by atoms with Gasteiger partial charge in [0.05, 0.1) is 18.0 Å². The highest BCUT2D eigenvalue weighted by atomic mass is 32.2. The molecule has 1 atom stereocenters. The van der Waals surface area contributed by atoms with Crippen molar-refractivity contribution in [1.82, 2.24) is 10.4 Å². The first-order valence-corrected chi connectivity index (χ1v) is 12.6. The third kappa shape index (κ3) is 9.25. The van der Waals surface area contributed by atoms with Crippen molar-refractivity contribution in [2.45, 2.75) is 44.6 Å². The Morgan fingerprint density at radius 3 is 2.44 bits per heavy atom. The van der Waals surface area contributed by atoms with Gasteiger partial charge in [-0.15, -0.1) is 0 Å². The Labute approximate surface area is 190 Å². The average Bonchev–Trinajstić information content (AvgIpc) is 2.75. The fourth-order valence-corrected chi connectivity index (χ4v) is 3.81. The van der Waals surface area contributed by atoms with Gasteiger partial charge in [0.1, 0.15) is 5.75 Å². The summed E-state index contributed by atoms with van der Waals surface area (Å²) in [5, 5.41) is 21.5. The number of aromatic hydroxyl groups is 1. The predicted octanol–water partition coefficient (Wildman–Crippen LogP) is 2.95. The van der Waals surface area contributed by atoms with Crippen molar-refractivity contribution in [1.29, 1.82) is 0 Å². The van der Waals surface area contributed by atoms with Crippen LogP contribution >= 0.6 is 0 Å². The number of hydrazine groups is 1. The molecule has 176 valence electrons. The number of aliphatic hydroxyl groups is 1. The first-order chi connectivity index (χ1) is 15.2. The Balaban J connectivity index is 1.69. The maximum atomic E-state index is 12.3. The van der Waals surface area contributed by atoms with Gasteiger partial charge in [0, 0.05) is 20.0 Å². The summed E-state index contributed by atoms with van der Waals surface area (Å²) in [7, 11) is -1.96. The number of rotatable bonds is 13. The van der Waals surface area contributed by atoms with E-state index in [9.17, 15) is 23.4 Å². The molecule has 0 aliphatic carbocycles. The summed E-state index contributed by atoms with van der Waals surface area (Å²) in [5.74, 6) is -0.305. The third-order valence-electron chi connectivity index (χ3n) is 5.05. The molecule has 0 saturated carbocycles. The molecular formula is C23H33N3O5S. The van der Waals surface area contributed by atoms with Crippen LogP contribution in [0.3, 0.4) is 0 Å². The second-order valence-corrected chi connectivity index (χ2v) is 9.63. The van der Waals surface area contributed by atoms with Gasteiger partial charge < -0.3 is 10.2 Å². The number of amides is 1. The van der Waals surface area contributed by atoms with Crippen LogP contribution < -0.4 is 10.1 Å². The zero-order valence-electron chi connectivity index (χ0n) is 18.6. The fourth-order valence-electron chi connectivity index (χ4n) is 3.24. The molecule has 0 bridgehead atoms. The molecule has 0 spiro atoms. The molecule has 1 amide bonds. The second kappa shape index (κ2) is 12.4. The molecule has 2 rings (SSSR count). The normalized spacial score (nSPS) is 12.3. The summed E-state index contributed by atoms with van der Waals surface area (Å²) in [6, 6.07) is 14.5. The summed E-state index contributed by atoms with van der Waals surface area (Å²) in [5.41, 5.74) is 4.59. The number of aryl methyl sites for hydroxylation is 1. The number of carbonyl (C=O) groups is 1. The molecule has 8 nitrogen and oxygen atoms in total. The van der Waals surface area contributed by atoms with Crippen LogP contribution in [0.1, 0.15) is 49.3 Å². The number of phenols is 1. The average molecular weight is 464 g/mol. The van der Waals surface area contributed by atoms with E-state index in [0.717, 1.165) is 38.4 Å². The monoisotopic (exact) mass is 463 g/mol. The Hall–Kier alpha value is -2.62. The smallest absolute Gasteiger partial charge is 0.236 e. The van der Waals surface area contributed by atoms with Gasteiger partial charge in [-0.2, -0.15) is 0 Å². The Morgan fingerprint density at radius 1 is 1.06 bits per heavy atom. The molecule has 1 unspecified atom stereocenters. The van der Waals surface area contributed by atoms with Gasteiger partial charge in [0.25, 0.3) is 0 Å². The Morgan fingerprint density at radius 2 is 1.75 bits per heavy atom. The molecule has 2 aromatic rings. The van der Waals surface area contributed by atoms with E-state index in [4.69, 9.17) is 0 Å². The molecule has 0 aliphatic heterocycles. The first-order valence-electron chi connectivity index (χ1n) is 10.7. The van der Waals surface area contributed by atoms with Gasteiger partial charge in [-0.3, -0.25) is 14.5 Å². The Kier molecular flexibility index (Phi) is 9.96. The van der Waals surface area contributed by atoms with E-state index >= 15 is 0 Å². The molecule has 0 aliphatic rings. The quantitative estimate of drug-likeness (QED) is 0.206. The third-order valence-corrected chi connectivity index (χ3v) is 5.64. The lowest BCUT2D eigenvalue weighted by Gasteiger charge is -2.21. The van der Waals surface area contributed by atoms with Crippen molar-refractivity contribution < 1.29 is 23.4 Å². The van der Waals surface area contributed by atoms with Crippen LogP contribution in [0.2, 0.25) is 0 Å². The molecule has 4 N–H and O–H groups in total. The Bertz CT molecular complexity index is 967. The number of phenolic OH excluding ortho intramolecular Hbond substituents is 1. The zero-order chi connectivity index (χ0) is 23.6. The molecule has 0 fully saturated rings. The summed E-state index contributed by atoms with van der Waals surface area (Å²) < 4.78 is 25.0. The van der Waals surface area contributed by atoms with Crippen LogP contribution in [0, 0.1) is 0 Å². The van der Waals surface area contributed by atoms with Gasteiger partial charge in [-0.05, 0) is 42.5 Å². The van der Waals surface area contributed by atoms with Crippen LogP contribution in [-0.2, 0) is 21.2 Å². The minimum absolute atomic E-state index is 0.0132. The van der Waals surface area contributed by atoms with E-state index in [0.29, 0.717) is 12.0 Å². The maximum Gasteiger partial charge on any atom is 0.236 e. The number of nitrogens with one attached hydrogen (secondary N) is 2. The first kappa shape index (κ1) is 25.6. The van der Waals surface area contributed by atoms with E-state index in [-0.39, 0.29) is 23.9 Å². The highest BCUT2D eigenvalue weighted by Gasteiger charge is 2.15. The van der Waals surface area contributed by atoms with Crippen LogP contribution in [0.5, 0.6) is 5.75 Å². The van der Waals surface area contributed by atoms with Gasteiger partial charge in [0.15, 0.2) is 0 Å². The predicted molar refractivity (Wildman–Crippen MR) is 126 cm³/mol. The molecule has 9 heteroatoms. The summed E-state index contributed by atoms with van der Waals surface area (Å²) in [4.78, 5) is 12.3.